The van der Waals surface area contributed by atoms with Gasteiger partial charge in [-0.05, 0) is 31.5 Å². The van der Waals surface area contributed by atoms with Crippen LogP contribution in [0.25, 0.3) is 0 Å². The minimum atomic E-state index is -0.177. The highest BCUT2D eigenvalue weighted by molar-refractivity contribution is 7.15. The third kappa shape index (κ3) is 2.45. The van der Waals surface area contributed by atoms with E-state index in [1.165, 1.54) is 11.3 Å². The summed E-state index contributed by atoms with van der Waals surface area (Å²) in [5, 5.41) is 3.37. The van der Waals surface area contributed by atoms with Gasteiger partial charge in [-0.25, -0.2) is 4.98 Å². The zero-order chi connectivity index (χ0) is 12.4. The van der Waals surface area contributed by atoms with Crippen LogP contribution in [0.2, 0.25) is 0 Å². The number of nitrogens with two attached hydrogens (primary N) is 1. The fourth-order valence-corrected chi connectivity index (χ4v) is 2.14. The summed E-state index contributed by atoms with van der Waals surface area (Å²) in [7, 11) is 0. The highest BCUT2D eigenvalue weighted by atomic mass is 32.1. The summed E-state index contributed by atoms with van der Waals surface area (Å²) in [5.41, 5.74) is 7.75. The highest BCUT2D eigenvalue weighted by Gasteiger charge is 2.11. The topological polar surface area (TPSA) is 68.0 Å². The molecule has 0 aliphatic carbocycles. The second-order valence-electron chi connectivity index (χ2n) is 3.75. The van der Waals surface area contributed by atoms with Crippen LogP contribution in [0.3, 0.4) is 0 Å². The first-order valence-electron chi connectivity index (χ1n) is 5.17. The number of carbonyl (C=O) groups is 1. The van der Waals surface area contributed by atoms with E-state index in [0.717, 1.165) is 10.4 Å². The molecular formula is C12H13N3OS. The van der Waals surface area contributed by atoms with E-state index in [2.05, 4.69) is 10.3 Å². The average molecular weight is 247 g/mol. The van der Waals surface area contributed by atoms with Gasteiger partial charge < -0.3 is 5.73 Å². The second-order valence-corrected chi connectivity index (χ2v) is 4.98. The number of aryl methyl sites for hydroxylation is 1. The lowest BCUT2D eigenvalue weighted by molar-refractivity contribution is 0.102. The molecule has 1 aromatic heterocycles. The van der Waals surface area contributed by atoms with Gasteiger partial charge in [0.25, 0.3) is 5.91 Å². The lowest BCUT2D eigenvalue weighted by Gasteiger charge is -2.07. The Labute approximate surface area is 103 Å². The van der Waals surface area contributed by atoms with E-state index < -0.39 is 0 Å². The van der Waals surface area contributed by atoms with E-state index in [1.807, 2.05) is 13.8 Å². The van der Waals surface area contributed by atoms with Gasteiger partial charge in [0.2, 0.25) is 0 Å². The van der Waals surface area contributed by atoms with Crippen molar-refractivity contribution >= 4 is 28.1 Å². The van der Waals surface area contributed by atoms with Crippen LogP contribution in [0.5, 0.6) is 0 Å². The number of rotatable bonds is 2. The Morgan fingerprint density at radius 1 is 1.41 bits per heavy atom. The van der Waals surface area contributed by atoms with Gasteiger partial charge in [0.1, 0.15) is 0 Å². The monoisotopic (exact) mass is 247 g/mol. The standard InChI is InChI=1S/C12H13N3OS/c1-7-6-14-12(17-7)15-11(16)9-4-3-5-10(13)8(9)2/h3-6H,13H2,1-2H3,(H,14,15,16). The quantitative estimate of drug-likeness (QED) is 0.801. The first kappa shape index (κ1) is 11.6. The van der Waals surface area contributed by atoms with Crippen LogP contribution >= 0.6 is 11.3 Å². The molecule has 0 saturated heterocycles. The molecule has 0 aliphatic rings. The van der Waals surface area contributed by atoms with E-state index in [9.17, 15) is 4.79 Å². The molecule has 1 heterocycles. The average Bonchev–Trinajstić information content (AvgIpc) is 2.68. The molecule has 1 amide bonds. The van der Waals surface area contributed by atoms with Gasteiger partial charge in [-0.3, -0.25) is 10.1 Å². The SMILES string of the molecule is Cc1cnc(NC(=O)c2cccc(N)c2C)s1. The van der Waals surface area contributed by atoms with Crippen molar-refractivity contribution in [1.82, 2.24) is 4.98 Å². The van der Waals surface area contributed by atoms with E-state index in [0.29, 0.717) is 16.4 Å². The maximum Gasteiger partial charge on any atom is 0.257 e. The highest BCUT2D eigenvalue weighted by Crippen LogP contribution is 2.20. The molecule has 17 heavy (non-hydrogen) atoms. The number of thiazole rings is 1. The number of nitrogen functional groups attached to an aromatic ring is 1. The molecule has 0 aliphatic heterocycles. The summed E-state index contributed by atoms with van der Waals surface area (Å²) in [6.07, 6.45) is 1.73. The number of carbonyl (C=O) groups excluding carboxylic acids is 1. The molecule has 2 aromatic rings. The Morgan fingerprint density at radius 2 is 2.18 bits per heavy atom. The lowest BCUT2D eigenvalue weighted by atomic mass is 10.1. The molecule has 0 radical (unpaired) electrons. The van der Waals surface area contributed by atoms with Gasteiger partial charge in [-0.15, -0.1) is 11.3 Å². The third-order valence-electron chi connectivity index (χ3n) is 2.46. The van der Waals surface area contributed by atoms with Crippen LogP contribution in [0.15, 0.2) is 24.4 Å². The van der Waals surface area contributed by atoms with Crippen molar-refractivity contribution in [2.45, 2.75) is 13.8 Å². The van der Waals surface area contributed by atoms with E-state index in [-0.39, 0.29) is 5.91 Å². The second kappa shape index (κ2) is 4.55. The zero-order valence-electron chi connectivity index (χ0n) is 9.65. The Balaban J connectivity index is 2.23. The molecule has 88 valence electrons. The first-order valence-corrected chi connectivity index (χ1v) is 5.98. The van der Waals surface area contributed by atoms with Crippen LogP contribution in [-0.4, -0.2) is 10.9 Å². The van der Waals surface area contributed by atoms with Gasteiger partial charge in [-0.1, -0.05) is 6.07 Å². The summed E-state index contributed by atoms with van der Waals surface area (Å²) in [6, 6.07) is 5.30. The minimum Gasteiger partial charge on any atom is -0.398 e. The van der Waals surface area contributed by atoms with Crippen molar-refractivity contribution in [3.8, 4) is 0 Å². The summed E-state index contributed by atoms with van der Waals surface area (Å²) in [4.78, 5) is 17.1. The number of aromatic nitrogens is 1. The maximum absolute atomic E-state index is 12.0. The third-order valence-corrected chi connectivity index (χ3v) is 3.29. The molecule has 1 aromatic carbocycles. The largest absolute Gasteiger partial charge is 0.398 e. The van der Waals surface area contributed by atoms with Crippen LogP contribution < -0.4 is 11.1 Å². The van der Waals surface area contributed by atoms with Crippen molar-refractivity contribution in [1.29, 1.82) is 0 Å². The molecule has 5 heteroatoms. The van der Waals surface area contributed by atoms with Crippen LogP contribution in [-0.2, 0) is 0 Å². The van der Waals surface area contributed by atoms with Crippen LogP contribution in [0.1, 0.15) is 20.8 Å². The smallest absolute Gasteiger partial charge is 0.257 e. The molecule has 0 spiro atoms. The van der Waals surface area contributed by atoms with Crippen molar-refractivity contribution in [2.75, 3.05) is 11.1 Å². The van der Waals surface area contributed by atoms with Crippen LogP contribution in [0.4, 0.5) is 10.8 Å². The number of benzene rings is 1. The Kier molecular flexibility index (Phi) is 3.10. The number of nitrogens with one attached hydrogen (secondary N) is 1. The molecular weight excluding hydrogens is 234 g/mol. The number of amides is 1. The Morgan fingerprint density at radius 3 is 2.82 bits per heavy atom. The van der Waals surface area contributed by atoms with E-state index >= 15 is 0 Å². The fraction of sp³-hybridized carbons (Fsp3) is 0.167. The van der Waals surface area contributed by atoms with E-state index in [1.54, 1.807) is 24.4 Å². The number of hydrogen-bond donors (Lipinski definition) is 2. The predicted molar refractivity (Wildman–Crippen MR) is 70.4 cm³/mol. The minimum absolute atomic E-state index is 0.177. The molecule has 0 atom stereocenters. The van der Waals surface area contributed by atoms with Crippen molar-refractivity contribution in [3.63, 3.8) is 0 Å². The first-order chi connectivity index (χ1) is 8.08. The van der Waals surface area contributed by atoms with Crippen molar-refractivity contribution in [3.05, 3.63) is 40.4 Å². The van der Waals surface area contributed by atoms with Crippen LogP contribution in [0, 0.1) is 13.8 Å². The summed E-state index contributed by atoms with van der Waals surface area (Å²) in [5.74, 6) is -0.177. The predicted octanol–water partition coefficient (Wildman–Crippen LogP) is 2.59. The van der Waals surface area contributed by atoms with Gasteiger partial charge in [0.05, 0.1) is 0 Å². The molecule has 0 unspecified atom stereocenters. The normalized spacial score (nSPS) is 10.2. The van der Waals surface area contributed by atoms with Gasteiger partial charge in [0.15, 0.2) is 5.13 Å². The fourth-order valence-electron chi connectivity index (χ4n) is 1.48. The molecule has 3 N–H and O–H groups in total. The van der Waals surface area contributed by atoms with Crippen molar-refractivity contribution < 1.29 is 4.79 Å². The van der Waals surface area contributed by atoms with Gasteiger partial charge in [0, 0.05) is 22.3 Å². The number of anilines is 2. The molecule has 0 bridgehead atoms. The lowest BCUT2D eigenvalue weighted by Crippen LogP contribution is -2.13. The van der Waals surface area contributed by atoms with E-state index in [4.69, 9.17) is 5.73 Å². The molecule has 0 saturated carbocycles. The number of hydrogen-bond acceptors (Lipinski definition) is 4. The summed E-state index contributed by atoms with van der Waals surface area (Å²) < 4.78 is 0. The Hall–Kier alpha value is -1.88. The summed E-state index contributed by atoms with van der Waals surface area (Å²) >= 11 is 1.45. The molecule has 0 fully saturated rings. The molecule has 4 nitrogen and oxygen atoms in total. The summed E-state index contributed by atoms with van der Waals surface area (Å²) in [6.45, 7) is 3.77. The van der Waals surface area contributed by atoms with Crippen molar-refractivity contribution in [2.24, 2.45) is 0 Å². The van der Waals surface area contributed by atoms with Gasteiger partial charge in [-0.2, -0.15) is 0 Å². The molecule has 2 rings (SSSR count). The maximum atomic E-state index is 12.0. The Bertz CT molecular complexity index is 563. The number of nitrogens with zero attached hydrogens (tertiary/aromatic N) is 1. The zero-order valence-corrected chi connectivity index (χ0v) is 10.5. The van der Waals surface area contributed by atoms with Gasteiger partial charge >= 0.3 is 0 Å².